The van der Waals surface area contributed by atoms with Crippen LogP contribution in [-0.4, -0.2) is 44.3 Å². The maximum atomic E-state index is 4.77. The SMILES string of the molecule is Cc1cnc(N2CCCC2)c2cccc(N3CCNCC3)c12. The quantitative estimate of drug-likeness (QED) is 0.923. The van der Waals surface area contributed by atoms with E-state index in [4.69, 9.17) is 4.98 Å². The van der Waals surface area contributed by atoms with E-state index in [1.165, 1.54) is 40.7 Å². The second kappa shape index (κ2) is 5.76. The molecule has 0 amide bonds. The monoisotopic (exact) mass is 296 g/mol. The molecule has 2 aliphatic heterocycles. The van der Waals surface area contributed by atoms with Crippen LogP contribution >= 0.6 is 0 Å². The highest BCUT2D eigenvalue weighted by Gasteiger charge is 2.20. The van der Waals surface area contributed by atoms with Crippen LogP contribution in [-0.2, 0) is 0 Å². The van der Waals surface area contributed by atoms with Gasteiger partial charge in [0.25, 0.3) is 0 Å². The minimum atomic E-state index is 1.07. The lowest BCUT2D eigenvalue weighted by Gasteiger charge is -2.31. The predicted molar refractivity (Wildman–Crippen MR) is 93.0 cm³/mol. The number of benzene rings is 1. The number of rotatable bonds is 2. The Morgan fingerprint density at radius 2 is 1.77 bits per heavy atom. The Morgan fingerprint density at radius 3 is 2.55 bits per heavy atom. The first-order valence-corrected chi connectivity index (χ1v) is 8.43. The van der Waals surface area contributed by atoms with Crippen LogP contribution in [0, 0.1) is 6.92 Å². The summed E-state index contributed by atoms with van der Waals surface area (Å²) in [5.41, 5.74) is 2.66. The zero-order chi connectivity index (χ0) is 14.9. The number of nitrogens with zero attached hydrogens (tertiary/aromatic N) is 3. The van der Waals surface area contributed by atoms with Crippen molar-refractivity contribution in [3.8, 4) is 0 Å². The van der Waals surface area contributed by atoms with Crippen molar-refractivity contribution in [3.63, 3.8) is 0 Å². The van der Waals surface area contributed by atoms with Crippen LogP contribution in [0.15, 0.2) is 24.4 Å². The van der Waals surface area contributed by atoms with E-state index in [0.29, 0.717) is 0 Å². The Hall–Kier alpha value is -1.81. The molecule has 1 N–H and O–H groups in total. The number of hydrogen-bond donors (Lipinski definition) is 1. The van der Waals surface area contributed by atoms with Gasteiger partial charge in [-0.2, -0.15) is 0 Å². The number of pyridine rings is 1. The molecular weight excluding hydrogens is 272 g/mol. The molecule has 2 saturated heterocycles. The van der Waals surface area contributed by atoms with Crippen LogP contribution in [0.1, 0.15) is 18.4 Å². The average molecular weight is 296 g/mol. The third-order valence-corrected chi connectivity index (χ3v) is 4.92. The van der Waals surface area contributed by atoms with E-state index in [9.17, 15) is 0 Å². The first-order chi connectivity index (χ1) is 10.8. The molecule has 2 aliphatic rings. The fourth-order valence-corrected chi connectivity index (χ4v) is 3.78. The second-order valence-corrected chi connectivity index (χ2v) is 6.40. The molecule has 2 aromatic rings. The standard InChI is InChI=1S/C18H24N4/c1-14-13-20-18(22-9-2-3-10-22)15-5-4-6-16(17(14)15)21-11-7-19-8-12-21/h4-6,13,19H,2-3,7-12H2,1H3. The van der Waals surface area contributed by atoms with Crippen molar-refractivity contribution >= 4 is 22.3 Å². The molecule has 0 aliphatic carbocycles. The lowest BCUT2D eigenvalue weighted by atomic mass is 10.0. The summed E-state index contributed by atoms with van der Waals surface area (Å²) in [5, 5.41) is 6.15. The van der Waals surface area contributed by atoms with Gasteiger partial charge >= 0.3 is 0 Å². The van der Waals surface area contributed by atoms with Crippen LogP contribution in [0.5, 0.6) is 0 Å². The van der Waals surface area contributed by atoms with Crippen LogP contribution in [0.2, 0.25) is 0 Å². The summed E-state index contributed by atoms with van der Waals surface area (Å²) in [6.07, 6.45) is 4.63. The molecule has 0 bridgehead atoms. The van der Waals surface area contributed by atoms with Crippen LogP contribution in [0.25, 0.3) is 10.8 Å². The van der Waals surface area contributed by atoms with Crippen LogP contribution in [0.3, 0.4) is 0 Å². The van der Waals surface area contributed by atoms with E-state index in [-0.39, 0.29) is 0 Å². The molecule has 116 valence electrons. The smallest absolute Gasteiger partial charge is 0.136 e. The zero-order valence-electron chi connectivity index (χ0n) is 13.3. The Bertz CT molecular complexity index is 670. The molecule has 0 atom stereocenters. The van der Waals surface area contributed by atoms with Gasteiger partial charge in [0.15, 0.2) is 0 Å². The highest BCUT2D eigenvalue weighted by Crippen LogP contribution is 2.35. The van der Waals surface area contributed by atoms with Gasteiger partial charge in [-0.05, 0) is 31.4 Å². The van der Waals surface area contributed by atoms with Gasteiger partial charge in [-0.1, -0.05) is 12.1 Å². The second-order valence-electron chi connectivity index (χ2n) is 6.40. The number of aromatic nitrogens is 1. The average Bonchev–Trinajstić information content (AvgIpc) is 3.10. The van der Waals surface area contributed by atoms with Gasteiger partial charge in [-0.15, -0.1) is 0 Å². The van der Waals surface area contributed by atoms with Gasteiger partial charge in [0.2, 0.25) is 0 Å². The van der Waals surface area contributed by atoms with Crippen molar-refractivity contribution in [2.75, 3.05) is 49.1 Å². The number of aryl methyl sites for hydroxylation is 1. The zero-order valence-corrected chi connectivity index (χ0v) is 13.3. The number of hydrogen-bond acceptors (Lipinski definition) is 4. The van der Waals surface area contributed by atoms with E-state index < -0.39 is 0 Å². The highest BCUT2D eigenvalue weighted by atomic mass is 15.2. The van der Waals surface area contributed by atoms with Crippen molar-refractivity contribution in [2.24, 2.45) is 0 Å². The van der Waals surface area contributed by atoms with Gasteiger partial charge in [0.1, 0.15) is 5.82 Å². The third-order valence-electron chi connectivity index (χ3n) is 4.92. The number of piperazine rings is 1. The first kappa shape index (κ1) is 13.8. The fourth-order valence-electron chi connectivity index (χ4n) is 3.78. The van der Waals surface area contributed by atoms with E-state index >= 15 is 0 Å². The van der Waals surface area contributed by atoms with Crippen LogP contribution in [0.4, 0.5) is 11.5 Å². The molecule has 1 aromatic heterocycles. The fraction of sp³-hybridized carbons (Fsp3) is 0.500. The summed E-state index contributed by atoms with van der Waals surface area (Å²) in [5.74, 6) is 1.18. The summed E-state index contributed by atoms with van der Waals surface area (Å²) in [4.78, 5) is 9.73. The number of nitrogens with one attached hydrogen (secondary N) is 1. The molecule has 22 heavy (non-hydrogen) atoms. The molecule has 0 spiro atoms. The van der Waals surface area contributed by atoms with Gasteiger partial charge in [-0.25, -0.2) is 4.98 Å². The first-order valence-electron chi connectivity index (χ1n) is 8.43. The molecule has 0 radical (unpaired) electrons. The van der Waals surface area contributed by atoms with Gasteiger partial charge in [0.05, 0.1) is 0 Å². The minimum absolute atomic E-state index is 1.07. The van der Waals surface area contributed by atoms with E-state index in [1.807, 2.05) is 0 Å². The molecule has 4 nitrogen and oxygen atoms in total. The third kappa shape index (κ3) is 2.31. The lowest BCUT2D eigenvalue weighted by molar-refractivity contribution is 0.590. The van der Waals surface area contributed by atoms with E-state index in [0.717, 1.165) is 39.3 Å². The van der Waals surface area contributed by atoms with Crippen molar-refractivity contribution in [1.82, 2.24) is 10.3 Å². The normalized spacial score (nSPS) is 19.1. The largest absolute Gasteiger partial charge is 0.368 e. The molecule has 3 heterocycles. The lowest BCUT2D eigenvalue weighted by Crippen LogP contribution is -2.43. The van der Waals surface area contributed by atoms with Gasteiger partial charge < -0.3 is 15.1 Å². The Balaban J connectivity index is 1.85. The maximum Gasteiger partial charge on any atom is 0.136 e. The molecule has 4 heteroatoms. The Morgan fingerprint density at radius 1 is 1.00 bits per heavy atom. The summed E-state index contributed by atoms with van der Waals surface area (Å²) in [6, 6.07) is 6.71. The molecule has 4 rings (SSSR count). The van der Waals surface area contributed by atoms with Crippen molar-refractivity contribution < 1.29 is 0 Å². The molecule has 1 aromatic carbocycles. The summed E-state index contributed by atoms with van der Waals surface area (Å²) < 4.78 is 0. The number of fused-ring (bicyclic) bond motifs is 1. The van der Waals surface area contributed by atoms with E-state index in [1.54, 1.807) is 0 Å². The minimum Gasteiger partial charge on any atom is -0.368 e. The molecule has 0 saturated carbocycles. The van der Waals surface area contributed by atoms with Crippen molar-refractivity contribution in [3.05, 3.63) is 30.0 Å². The Kier molecular flexibility index (Phi) is 3.62. The summed E-state index contributed by atoms with van der Waals surface area (Å²) in [7, 11) is 0. The Labute approximate surface area is 132 Å². The molecule has 0 unspecified atom stereocenters. The highest BCUT2D eigenvalue weighted by molar-refractivity contribution is 6.02. The van der Waals surface area contributed by atoms with Crippen molar-refractivity contribution in [2.45, 2.75) is 19.8 Å². The maximum absolute atomic E-state index is 4.77. The summed E-state index contributed by atoms with van der Waals surface area (Å²) >= 11 is 0. The van der Waals surface area contributed by atoms with Crippen LogP contribution < -0.4 is 15.1 Å². The molecular formula is C18H24N4. The van der Waals surface area contributed by atoms with Gasteiger partial charge in [-0.3, -0.25) is 0 Å². The molecule has 2 fully saturated rings. The number of anilines is 2. The van der Waals surface area contributed by atoms with Crippen molar-refractivity contribution in [1.29, 1.82) is 0 Å². The van der Waals surface area contributed by atoms with Gasteiger partial charge in [0, 0.05) is 61.9 Å². The predicted octanol–water partition coefficient (Wildman–Crippen LogP) is 2.55. The van der Waals surface area contributed by atoms with E-state index in [2.05, 4.69) is 46.4 Å². The topological polar surface area (TPSA) is 31.4 Å². The summed E-state index contributed by atoms with van der Waals surface area (Å²) in [6.45, 7) is 8.78.